The number of hydrogen-bond donors (Lipinski definition) is 3. The van der Waals surface area contributed by atoms with Crippen LogP contribution in [0.25, 0.3) is 0 Å². The zero-order valence-corrected chi connectivity index (χ0v) is 10.7. The zero-order chi connectivity index (χ0) is 14.1. The minimum absolute atomic E-state index is 0.124. The Labute approximate surface area is 104 Å². The lowest BCUT2D eigenvalue weighted by Gasteiger charge is -2.11. The predicted octanol–water partition coefficient (Wildman–Crippen LogP) is 1.12. The van der Waals surface area contributed by atoms with Crippen LogP contribution in [0.3, 0.4) is 0 Å². The van der Waals surface area contributed by atoms with Crippen molar-refractivity contribution >= 4 is 15.8 Å². The molecule has 0 spiro atoms. The first kappa shape index (κ1) is 14.3. The molecule has 6 nitrogen and oxygen atoms in total. The van der Waals surface area contributed by atoms with Crippen LogP contribution < -0.4 is 0 Å². The fourth-order valence-electron chi connectivity index (χ4n) is 1.33. The van der Waals surface area contributed by atoms with Crippen molar-refractivity contribution in [1.82, 2.24) is 0 Å². The Morgan fingerprint density at radius 3 is 2.28 bits per heavy atom. The first-order valence-corrected chi connectivity index (χ1v) is 6.86. The van der Waals surface area contributed by atoms with Gasteiger partial charge in [-0.15, -0.1) is 0 Å². The third-order valence-corrected chi connectivity index (χ3v) is 4.63. The lowest BCUT2D eigenvalue weighted by molar-refractivity contribution is 0.0693. The van der Waals surface area contributed by atoms with Gasteiger partial charge in [-0.25, -0.2) is 13.2 Å². The number of aromatic hydroxyl groups is 2. The van der Waals surface area contributed by atoms with Crippen molar-refractivity contribution in [1.29, 1.82) is 0 Å². The molecule has 0 unspecified atom stereocenters. The van der Waals surface area contributed by atoms with Crippen LogP contribution in [0.4, 0.5) is 0 Å². The molecule has 1 aromatic carbocycles. The second kappa shape index (κ2) is 4.85. The zero-order valence-electron chi connectivity index (χ0n) is 9.91. The van der Waals surface area contributed by atoms with Gasteiger partial charge in [0.1, 0.15) is 17.1 Å². The summed E-state index contributed by atoms with van der Waals surface area (Å²) in [5.74, 6) is -3.00. The summed E-state index contributed by atoms with van der Waals surface area (Å²) in [5.41, 5.74) is -0.648. The molecular weight excluding hydrogens is 260 g/mol. The van der Waals surface area contributed by atoms with Gasteiger partial charge in [0.25, 0.3) is 0 Å². The van der Waals surface area contributed by atoms with Crippen LogP contribution in [0.2, 0.25) is 0 Å². The number of carbonyl (C=O) groups is 1. The van der Waals surface area contributed by atoms with Gasteiger partial charge in [-0.3, -0.25) is 0 Å². The van der Waals surface area contributed by atoms with Crippen LogP contribution in [-0.4, -0.2) is 35.0 Å². The summed E-state index contributed by atoms with van der Waals surface area (Å²) in [6.07, 6.45) is 0. The Morgan fingerprint density at radius 1 is 1.28 bits per heavy atom. The third-order valence-electron chi connectivity index (χ3n) is 2.48. The highest BCUT2D eigenvalue weighted by Crippen LogP contribution is 2.30. The van der Waals surface area contributed by atoms with Crippen LogP contribution in [0.5, 0.6) is 11.5 Å². The largest absolute Gasteiger partial charge is 0.508 e. The van der Waals surface area contributed by atoms with E-state index in [1.54, 1.807) is 0 Å². The average molecular weight is 274 g/mol. The number of aromatic carboxylic acids is 1. The molecule has 3 N–H and O–H groups in total. The van der Waals surface area contributed by atoms with Crippen LogP contribution in [-0.2, 0) is 15.6 Å². The number of carboxylic acids is 1. The van der Waals surface area contributed by atoms with Crippen molar-refractivity contribution < 1.29 is 28.5 Å². The van der Waals surface area contributed by atoms with Gasteiger partial charge >= 0.3 is 5.97 Å². The Morgan fingerprint density at radius 2 is 1.83 bits per heavy atom. The molecule has 0 aliphatic heterocycles. The maximum atomic E-state index is 11.7. The molecule has 0 saturated heterocycles. The number of rotatable bonds is 4. The van der Waals surface area contributed by atoms with Gasteiger partial charge in [-0.05, 0) is 26.0 Å². The lowest BCUT2D eigenvalue weighted by atomic mass is 10.1. The molecule has 7 heteroatoms. The van der Waals surface area contributed by atoms with E-state index < -0.39 is 43.9 Å². The molecule has 0 aromatic heterocycles. The summed E-state index contributed by atoms with van der Waals surface area (Å²) in [5, 5.41) is 27.1. The molecule has 1 aromatic rings. The first-order valence-electron chi connectivity index (χ1n) is 5.15. The molecule has 0 fully saturated rings. The monoisotopic (exact) mass is 274 g/mol. The highest BCUT2D eigenvalue weighted by Gasteiger charge is 2.22. The molecule has 0 atom stereocenters. The molecule has 0 radical (unpaired) electrons. The number of carboxylic acid groups (broad SMARTS) is 1. The predicted molar refractivity (Wildman–Crippen MR) is 64.5 cm³/mol. The van der Waals surface area contributed by atoms with Crippen LogP contribution >= 0.6 is 0 Å². The second-order valence-electron chi connectivity index (χ2n) is 4.16. The molecule has 0 aliphatic carbocycles. The highest BCUT2D eigenvalue weighted by atomic mass is 32.2. The molecule has 0 saturated carbocycles. The van der Waals surface area contributed by atoms with E-state index in [4.69, 9.17) is 5.11 Å². The van der Waals surface area contributed by atoms with Crippen molar-refractivity contribution in [2.45, 2.75) is 24.9 Å². The molecular formula is C11H14O6S. The number of phenols is 2. The SMILES string of the molecule is CC(C)S(=O)(=O)Cc1cc(O)cc(C(=O)O)c1O. The van der Waals surface area contributed by atoms with E-state index in [-0.39, 0.29) is 5.56 Å². The van der Waals surface area contributed by atoms with E-state index in [9.17, 15) is 23.4 Å². The van der Waals surface area contributed by atoms with Crippen molar-refractivity contribution in [3.8, 4) is 11.5 Å². The summed E-state index contributed by atoms with van der Waals surface area (Å²) in [6.45, 7) is 2.96. The van der Waals surface area contributed by atoms with Crippen LogP contribution in [0, 0.1) is 0 Å². The van der Waals surface area contributed by atoms with Gasteiger partial charge in [-0.1, -0.05) is 0 Å². The van der Waals surface area contributed by atoms with E-state index in [1.807, 2.05) is 0 Å². The highest BCUT2D eigenvalue weighted by molar-refractivity contribution is 7.91. The second-order valence-corrected chi connectivity index (χ2v) is 6.72. The van der Waals surface area contributed by atoms with Gasteiger partial charge in [0, 0.05) is 5.56 Å². The van der Waals surface area contributed by atoms with Crippen LogP contribution in [0.15, 0.2) is 12.1 Å². The normalized spacial score (nSPS) is 11.7. The molecule has 0 aliphatic rings. The topological polar surface area (TPSA) is 112 Å². The Hall–Kier alpha value is -1.76. The Bertz CT molecular complexity index is 573. The molecule has 0 amide bonds. The summed E-state index contributed by atoms with van der Waals surface area (Å²) >= 11 is 0. The summed E-state index contributed by atoms with van der Waals surface area (Å²) in [4.78, 5) is 10.8. The quantitative estimate of drug-likeness (QED) is 0.709. The van der Waals surface area contributed by atoms with Gasteiger partial charge in [0.2, 0.25) is 0 Å². The van der Waals surface area contributed by atoms with Crippen molar-refractivity contribution in [3.63, 3.8) is 0 Å². The Kier molecular flexibility index (Phi) is 3.85. The molecule has 1 rings (SSSR count). The molecule has 100 valence electrons. The number of hydrogen-bond acceptors (Lipinski definition) is 5. The van der Waals surface area contributed by atoms with E-state index in [0.29, 0.717) is 0 Å². The smallest absolute Gasteiger partial charge is 0.339 e. The van der Waals surface area contributed by atoms with E-state index >= 15 is 0 Å². The molecule has 0 heterocycles. The van der Waals surface area contributed by atoms with E-state index in [2.05, 4.69) is 0 Å². The van der Waals surface area contributed by atoms with Gasteiger partial charge in [-0.2, -0.15) is 0 Å². The number of phenolic OH excluding ortho intramolecular Hbond substituents is 1. The molecule has 18 heavy (non-hydrogen) atoms. The van der Waals surface area contributed by atoms with Gasteiger partial charge < -0.3 is 15.3 Å². The Balaban J connectivity index is 3.31. The van der Waals surface area contributed by atoms with Gasteiger partial charge in [0.15, 0.2) is 9.84 Å². The third kappa shape index (κ3) is 2.92. The maximum Gasteiger partial charge on any atom is 0.339 e. The maximum absolute atomic E-state index is 11.7. The fraction of sp³-hybridized carbons (Fsp3) is 0.364. The van der Waals surface area contributed by atoms with Gasteiger partial charge in [0.05, 0.1) is 11.0 Å². The average Bonchev–Trinajstić information content (AvgIpc) is 2.21. The van der Waals surface area contributed by atoms with Crippen molar-refractivity contribution in [3.05, 3.63) is 23.3 Å². The lowest BCUT2D eigenvalue weighted by Crippen LogP contribution is -2.16. The summed E-state index contributed by atoms with van der Waals surface area (Å²) in [6, 6.07) is 1.91. The number of benzene rings is 1. The fourth-order valence-corrected chi connectivity index (χ4v) is 2.32. The molecule has 0 bridgehead atoms. The standard InChI is InChI=1S/C11H14O6S/c1-6(2)18(16,17)5-7-3-8(12)4-9(10(7)13)11(14)15/h3-4,6,12-13H,5H2,1-2H3,(H,14,15). The van der Waals surface area contributed by atoms with Crippen molar-refractivity contribution in [2.75, 3.05) is 0 Å². The minimum atomic E-state index is -3.50. The van der Waals surface area contributed by atoms with Crippen LogP contribution in [0.1, 0.15) is 29.8 Å². The van der Waals surface area contributed by atoms with Crippen molar-refractivity contribution in [2.24, 2.45) is 0 Å². The summed E-state index contributed by atoms with van der Waals surface area (Å²) < 4.78 is 23.4. The number of sulfone groups is 1. The minimum Gasteiger partial charge on any atom is -0.508 e. The summed E-state index contributed by atoms with van der Waals surface area (Å²) in [7, 11) is -3.50. The first-order chi connectivity index (χ1) is 8.15. The van der Waals surface area contributed by atoms with E-state index in [1.165, 1.54) is 13.8 Å². The van der Waals surface area contributed by atoms with E-state index in [0.717, 1.165) is 12.1 Å².